The molecule has 0 saturated carbocycles. The predicted octanol–water partition coefficient (Wildman–Crippen LogP) is 1.62. The van der Waals surface area contributed by atoms with Crippen molar-refractivity contribution in [3.8, 4) is 0 Å². The van der Waals surface area contributed by atoms with Crippen molar-refractivity contribution in [1.29, 1.82) is 0 Å². The maximum absolute atomic E-state index is 12.6. The Morgan fingerprint density at radius 3 is 2.25 bits per heavy atom. The Morgan fingerprint density at radius 2 is 1.71 bits per heavy atom. The Kier molecular flexibility index (Phi) is 4.44. The first-order chi connectivity index (χ1) is 11.4. The van der Waals surface area contributed by atoms with Crippen LogP contribution in [-0.2, 0) is 17.1 Å². The first kappa shape index (κ1) is 16.7. The summed E-state index contributed by atoms with van der Waals surface area (Å²) in [5.74, 6) is 0.645. The highest BCUT2D eigenvalue weighted by Crippen LogP contribution is 2.22. The third kappa shape index (κ3) is 3.21. The topological polar surface area (TPSA) is 93.0 Å². The van der Waals surface area contributed by atoms with Gasteiger partial charge in [-0.05, 0) is 33.1 Å². The van der Waals surface area contributed by atoms with Crippen LogP contribution < -0.4 is 9.62 Å². The van der Waals surface area contributed by atoms with Crippen LogP contribution in [0.5, 0.6) is 0 Å². The summed E-state index contributed by atoms with van der Waals surface area (Å²) < 4.78 is 29.3. The number of hydrogen-bond acceptors (Lipinski definition) is 6. The molecule has 1 aliphatic rings. The van der Waals surface area contributed by atoms with Crippen molar-refractivity contribution < 1.29 is 8.42 Å². The van der Waals surface area contributed by atoms with E-state index in [9.17, 15) is 8.42 Å². The monoisotopic (exact) mass is 350 g/mol. The second-order valence-electron chi connectivity index (χ2n) is 6.05. The van der Waals surface area contributed by atoms with Crippen LogP contribution in [0.2, 0.25) is 0 Å². The van der Waals surface area contributed by atoms with Gasteiger partial charge in [-0.1, -0.05) is 0 Å². The predicted molar refractivity (Wildman–Crippen MR) is 91.6 cm³/mol. The number of rotatable bonds is 4. The molecule has 1 aliphatic heterocycles. The molecule has 0 radical (unpaired) electrons. The highest BCUT2D eigenvalue weighted by atomic mass is 32.2. The van der Waals surface area contributed by atoms with Gasteiger partial charge >= 0.3 is 0 Å². The maximum Gasteiger partial charge on any atom is 0.265 e. The van der Waals surface area contributed by atoms with E-state index in [1.165, 1.54) is 18.8 Å². The zero-order valence-electron chi connectivity index (χ0n) is 14.2. The van der Waals surface area contributed by atoms with Crippen molar-refractivity contribution >= 4 is 21.7 Å². The van der Waals surface area contributed by atoms with E-state index in [0.717, 1.165) is 25.9 Å². The SMILES string of the molecule is Cc1nn(C)c(C)c1S(=O)(=O)Nc1cnc(N2CCCCC2)nc1. The molecular weight excluding hydrogens is 328 g/mol. The van der Waals surface area contributed by atoms with Crippen molar-refractivity contribution in [3.63, 3.8) is 0 Å². The molecule has 3 rings (SSSR count). The van der Waals surface area contributed by atoms with Crippen molar-refractivity contribution in [1.82, 2.24) is 19.7 Å². The fourth-order valence-corrected chi connectivity index (χ4v) is 4.45. The van der Waals surface area contributed by atoms with Crippen molar-refractivity contribution in [2.75, 3.05) is 22.7 Å². The molecule has 9 heteroatoms. The lowest BCUT2D eigenvalue weighted by atomic mass is 10.1. The van der Waals surface area contributed by atoms with Crippen LogP contribution in [0.25, 0.3) is 0 Å². The van der Waals surface area contributed by atoms with E-state index >= 15 is 0 Å². The molecule has 0 spiro atoms. The normalized spacial score (nSPS) is 15.5. The molecule has 0 atom stereocenters. The number of sulfonamides is 1. The van der Waals surface area contributed by atoms with Gasteiger partial charge in [-0.2, -0.15) is 5.10 Å². The molecule has 0 aromatic carbocycles. The molecule has 0 amide bonds. The average molecular weight is 350 g/mol. The Hall–Kier alpha value is -2.16. The molecule has 1 saturated heterocycles. The summed E-state index contributed by atoms with van der Waals surface area (Å²) in [6.07, 6.45) is 6.53. The Bertz CT molecular complexity index is 822. The number of nitrogens with one attached hydrogen (secondary N) is 1. The van der Waals surface area contributed by atoms with E-state index < -0.39 is 10.0 Å². The molecule has 130 valence electrons. The number of piperidine rings is 1. The highest BCUT2D eigenvalue weighted by Gasteiger charge is 2.24. The summed E-state index contributed by atoms with van der Waals surface area (Å²) in [7, 11) is -2.00. The fourth-order valence-electron chi connectivity index (χ4n) is 2.98. The minimum Gasteiger partial charge on any atom is -0.341 e. The summed E-state index contributed by atoms with van der Waals surface area (Å²) in [5.41, 5.74) is 1.40. The molecular formula is C15H22N6O2S. The van der Waals surface area contributed by atoms with Crippen LogP contribution in [0.15, 0.2) is 17.3 Å². The number of aromatic nitrogens is 4. The lowest BCUT2D eigenvalue weighted by molar-refractivity contribution is 0.568. The molecule has 8 nitrogen and oxygen atoms in total. The van der Waals surface area contributed by atoms with Crippen LogP contribution in [0.3, 0.4) is 0 Å². The van der Waals surface area contributed by atoms with Gasteiger partial charge in [0.1, 0.15) is 4.90 Å². The molecule has 0 bridgehead atoms. The first-order valence-corrected chi connectivity index (χ1v) is 9.47. The summed E-state index contributed by atoms with van der Waals surface area (Å²) in [5, 5.41) is 4.15. The van der Waals surface area contributed by atoms with Gasteiger partial charge in [0.15, 0.2) is 0 Å². The van der Waals surface area contributed by atoms with E-state index in [0.29, 0.717) is 23.0 Å². The first-order valence-electron chi connectivity index (χ1n) is 7.98. The zero-order chi connectivity index (χ0) is 17.3. The third-order valence-electron chi connectivity index (χ3n) is 4.24. The van der Waals surface area contributed by atoms with Gasteiger partial charge in [0.05, 0.1) is 29.5 Å². The van der Waals surface area contributed by atoms with Gasteiger partial charge in [-0.25, -0.2) is 18.4 Å². The Morgan fingerprint density at radius 1 is 1.08 bits per heavy atom. The van der Waals surface area contributed by atoms with E-state index in [1.807, 2.05) is 0 Å². The van der Waals surface area contributed by atoms with Gasteiger partial charge < -0.3 is 4.90 Å². The van der Waals surface area contributed by atoms with Crippen LogP contribution in [0.4, 0.5) is 11.6 Å². The van der Waals surface area contributed by atoms with Gasteiger partial charge in [0.2, 0.25) is 5.95 Å². The second kappa shape index (κ2) is 6.39. The second-order valence-corrected chi connectivity index (χ2v) is 7.67. The summed E-state index contributed by atoms with van der Waals surface area (Å²) in [6, 6.07) is 0. The lowest BCUT2D eigenvalue weighted by Crippen LogP contribution is -2.30. The lowest BCUT2D eigenvalue weighted by Gasteiger charge is -2.26. The van der Waals surface area contributed by atoms with Gasteiger partial charge in [0, 0.05) is 20.1 Å². The highest BCUT2D eigenvalue weighted by molar-refractivity contribution is 7.92. The maximum atomic E-state index is 12.6. The minimum atomic E-state index is -3.72. The van der Waals surface area contributed by atoms with Crippen molar-refractivity contribution in [2.24, 2.45) is 7.05 Å². The number of hydrogen-bond donors (Lipinski definition) is 1. The molecule has 0 aliphatic carbocycles. The van der Waals surface area contributed by atoms with Crippen LogP contribution >= 0.6 is 0 Å². The Balaban J connectivity index is 1.80. The summed E-state index contributed by atoms with van der Waals surface area (Å²) in [6.45, 7) is 5.29. The van der Waals surface area contributed by atoms with Crippen LogP contribution in [-0.4, -0.2) is 41.3 Å². The van der Waals surface area contributed by atoms with E-state index in [1.54, 1.807) is 25.6 Å². The quantitative estimate of drug-likeness (QED) is 0.901. The molecule has 3 heterocycles. The molecule has 2 aromatic rings. The van der Waals surface area contributed by atoms with Crippen LogP contribution in [0.1, 0.15) is 30.7 Å². The number of nitrogens with zero attached hydrogens (tertiary/aromatic N) is 5. The van der Waals surface area contributed by atoms with E-state index in [4.69, 9.17) is 0 Å². The van der Waals surface area contributed by atoms with Crippen molar-refractivity contribution in [2.45, 2.75) is 38.0 Å². The average Bonchev–Trinajstić information content (AvgIpc) is 2.81. The van der Waals surface area contributed by atoms with Gasteiger partial charge in [-0.3, -0.25) is 9.40 Å². The molecule has 0 unspecified atom stereocenters. The Labute approximate surface area is 142 Å². The molecule has 1 N–H and O–H groups in total. The van der Waals surface area contributed by atoms with Crippen LogP contribution in [0, 0.1) is 13.8 Å². The minimum absolute atomic E-state index is 0.199. The zero-order valence-corrected chi connectivity index (χ0v) is 15.0. The van der Waals surface area contributed by atoms with Gasteiger partial charge in [-0.15, -0.1) is 0 Å². The van der Waals surface area contributed by atoms with Crippen molar-refractivity contribution in [3.05, 3.63) is 23.8 Å². The summed E-state index contributed by atoms with van der Waals surface area (Å²) >= 11 is 0. The molecule has 1 fully saturated rings. The number of aryl methyl sites for hydroxylation is 2. The largest absolute Gasteiger partial charge is 0.341 e. The summed E-state index contributed by atoms with van der Waals surface area (Å²) in [4.78, 5) is 10.9. The number of anilines is 2. The smallest absolute Gasteiger partial charge is 0.265 e. The van der Waals surface area contributed by atoms with E-state index in [2.05, 4.69) is 24.7 Å². The molecule has 2 aromatic heterocycles. The standard InChI is InChI=1S/C15H22N6O2S/c1-11-14(12(2)20(3)18-11)24(22,23)19-13-9-16-15(17-10-13)21-7-5-4-6-8-21/h9-10,19H,4-8H2,1-3H3. The molecule has 24 heavy (non-hydrogen) atoms. The van der Waals surface area contributed by atoms with Gasteiger partial charge in [0.25, 0.3) is 10.0 Å². The fraction of sp³-hybridized carbons (Fsp3) is 0.533. The third-order valence-corrected chi connectivity index (χ3v) is 5.87. The van der Waals surface area contributed by atoms with E-state index in [-0.39, 0.29) is 4.90 Å².